The van der Waals surface area contributed by atoms with Crippen molar-refractivity contribution in [1.82, 2.24) is 15.1 Å². The molecule has 106 valence electrons. The monoisotopic (exact) mass is 269 g/mol. The second-order valence-electron chi connectivity index (χ2n) is 5.64. The van der Waals surface area contributed by atoms with Crippen LogP contribution in [-0.4, -0.2) is 16.3 Å². The molecule has 0 aliphatic heterocycles. The molecule has 1 aliphatic rings. The number of hydrogen-bond acceptors (Lipinski definition) is 2. The Balaban J connectivity index is 1.71. The summed E-state index contributed by atoms with van der Waals surface area (Å²) in [4.78, 5) is 0. The van der Waals surface area contributed by atoms with E-state index < -0.39 is 0 Å². The van der Waals surface area contributed by atoms with Gasteiger partial charge in [-0.2, -0.15) is 5.10 Å². The Morgan fingerprint density at radius 1 is 1.35 bits per heavy atom. The maximum Gasteiger partial charge on any atom is 0.0534 e. The summed E-state index contributed by atoms with van der Waals surface area (Å²) in [6.07, 6.45) is 7.97. The first-order valence-electron chi connectivity index (χ1n) is 7.66. The number of aryl methyl sites for hydroxylation is 1. The Morgan fingerprint density at radius 3 is 3.15 bits per heavy atom. The van der Waals surface area contributed by atoms with Crippen molar-refractivity contribution in [2.75, 3.05) is 6.54 Å². The average Bonchev–Trinajstić information content (AvgIpc) is 2.93. The van der Waals surface area contributed by atoms with E-state index in [9.17, 15) is 0 Å². The van der Waals surface area contributed by atoms with Gasteiger partial charge in [0.15, 0.2) is 0 Å². The van der Waals surface area contributed by atoms with Crippen LogP contribution in [0.25, 0.3) is 0 Å². The standard InChI is InChI=1S/C17H23N3/c1-2-18-10-14-11-19-20(12-14)13-16-8-5-7-15-6-3-4-9-17(15)16/h3-4,6,9,11-12,16,18H,2,5,7-8,10,13H2,1H3. The lowest BCUT2D eigenvalue weighted by atomic mass is 9.83. The van der Waals surface area contributed by atoms with Crippen LogP contribution in [0.15, 0.2) is 36.7 Å². The highest BCUT2D eigenvalue weighted by Crippen LogP contribution is 2.32. The van der Waals surface area contributed by atoms with Gasteiger partial charge in [0.25, 0.3) is 0 Å². The largest absolute Gasteiger partial charge is 0.313 e. The minimum Gasteiger partial charge on any atom is -0.313 e. The van der Waals surface area contributed by atoms with Crippen LogP contribution in [0, 0.1) is 0 Å². The normalized spacial score (nSPS) is 17.9. The molecule has 0 amide bonds. The number of fused-ring (bicyclic) bond motifs is 1. The van der Waals surface area contributed by atoms with E-state index in [0.717, 1.165) is 19.6 Å². The molecule has 0 saturated heterocycles. The minimum absolute atomic E-state index is 0.617. The SMILES string of the molecule is CCNCc1cnn(CC2CCCc3ccccc32)c1. The zero-order chi connectivity index (χ0) is 13.8. The lowest BCUT2D eigenvalue weighted by Crippen LogP contribution is -2.16. The predicted octanol–water partition coefficient (Wildman–Crippen LogP) is 3.11. The van der Waals surface area contributed by atoms with Gasteiger partial charge in [-0.25, -0.2) is 0 Å². The summed E-state index contributed by atoms with van der Waals surface area (Å²) in [6.45, 7) is 5.05. The number of nitrogens with zero attached hydrogens (tertiary/aromatic N) is 2. The summed E-state index contributed by atoms with van der Waals surface area (Å²) in [6, 6.07) is 8.89. The van der Waals surface area contributed by atoms with E-state index >= 15 is 0 Å². The second kappa shape index (κ2) is 6.23. The summed E-state index contributed by atoms with van der Waals surface area (Å²) in [5.41, 5.74) is 4.34. The van der Waals surface area contributed by atoms with Crippen molar-refractivity contribution in [3.63, 3.8) is 0 Å². The molecule has 1 unspecified atom stereocenters. The van der Waals surface area contributed by atoms with E-state index in [1.54, 1.807) is 0 Å². The topological polar surface area (TPSA) is 29.9 Å². The Morgan fingerprint density at radius 2 is 2.25 bits per heavy atom. The zero-order valence-corrected chi connectivity index (χ0v) is 12.2. The smallest absolute Gasteiger partial charge is 0.0534 e. The molecule has 0 saturated carbocycles. The van der Waals surface area contributed by atoms with E-state index in [0.29, 0.717) is 5.92 Å². The number of aromatic nitrogens is 2. The molecule has 1 aromatic heterocycles. The van der Waals surface area contributed by atoms with E-state index in [1.807, 2.05) is 6.20 Å². The maximum atomic E-state index is 4.51. The van der Waals surface area contributed by atoms with Crippen LogP contribution in [0.5, 0.6) is 0 Å². The van der Waals surface area contributed by atoms with E-state index in [2.05, 4.69) is 52.5 Å². The molecule has 3 heteroatoms. The summed E-state index contributed by atoms with van der Waals surface area (Å²) >= 11 is 0. The van der Waals surface area contributed by atoms with Crippen molar-refractivity contribution < 1.29 is 0 Å². The lowest BCUT2D eigenvalue weighted by molar-refractivity contribution is 0.457. The third kappa shape index (κ3) is 2.93. The molecular weight excluding hydrogens is 246 g/mol. The van der Waals surface area contributed by atoms with Crippen LogP contribution in [0.2, 0.25) is 0 Å². The number of hydrogen-bond donors (Lipinski definition) is 1. The van der Waals surface area contributed by atoms with E-state index in [-0.39, 0.29) is 0 Å². The number of benzene rings is 1. The molecule has 1 heterocycles. The Bertz CT molecular complexity index is 559. The van der Waals surface area contributed by atoms with Crippen molar-refractivity contribution in [3.8, 4) is 0 Å². The minimum atomic E-state index is 0.617. The number of rotatable bonds is 5. The molecule has 1 aliphatic carbocycles. The second-order valence-corrected chi connectivity index (χ2v) is 5.64. The number of nitrogens with one attached hydrogen (secondary N) is 1. The maximum absolute atomic E-state index is 4.51. The molecule has 3 rings (SSSR count). The molecule has 1 atom stereocenters. The summed E-state index contributed by atoms with van der Waals surface area (Å²) in [7, 11) is 0. The summed E-state index contributed by atoms with van der Waals surface area (Å²) < 4.78 is 2.11. The van der Waals surface area contributed by atoms with Gasteiger partial charge < -0.3 is 5.32 Å². The first-order chi connectivity index (χ1) is 9.86. The molecule has 0 radical (unpaired) electrons. The Labute approximate surface area is 121 Å². The van der Waals surface area contributed by atoms with Crippen LogP contribution in [0.4, 0.5) is 0 Å². The highest BCUT2D eigenvalue weighted by atomic mass is 15.3. The van der Waals surface area contributed by atoms with E-state index in [4.69, 9.17) is 0 Å². The molecule has 0 fully saturated rings. The van der Waals surface area contributed by atoms with Gasteiger partial charge in [0, 0.05) is 30.8 Å². The van der Waals surface area contributed by atoms with Crippen molar-refractivity contribution in [3.05, 3.63) is 53.3 Å². The quantitative estimate of drug-likeness (QED) is 0.904. The van der Waals surface area contributed by atoms with Gasteiger partial charge in [-0.1, -0.05) is 31.2 Å². The molecule has 1 aromatic carbocycles. The van der Waals surface area contributed by atoms with Crippen LogP contribution in [-0.2, 0) is 19.5 Å². The fraction of sp³-hybridized carbons (Fsp3) is 0.471. The van der Waals surface area contributed by atoms with Gasteiger partial charge in [0.1, 0.15) is 0 Å². The van der Waals surface area contributed by atoms with Crippen LogP contribution in [0.1, 0.15) is 42.4 Å². The summed E-state index contributed by atoms with van der Waals surface area (Å²) in [5, 5.41) is 7.86. The van der Waals surface area contributed by atoms with Crippen molar-refractivity contribution in [1.29, 1.82) is 0 Å². The van der Waals surface area contributed by atoms with Crippen molar-refractivity contribution in [2.24, 2.45) is 0 Å². The van der Waals surface area contributed by atoms with Crippen molar-refractivity contribution >= 4 is 0 Å². The molecule has 3 nitrogen and oxygen atoms in total. The molecule has 0 bridgehead atoms. The van der Waals surface area contributed by atoms with Crippen LogP contribution >= 0.6 is 0 Å². The molecule has 20 heavy (non-hydrogen) atoms. The van der Waals surface area contributed by atoms with Gasteiger partial charge in [-0.3, -0.25) is 4.68 Å². The fourth-order valence-corrected chi connectivity index (χ4v) is 3.14. The Hall–Kier alpha value is -1.61. The lowest BCUT2D eigenvalue weighted by Gasteiger charge is -2.25. The van der Waals surface area contributed by atoms with Gasteiger partial charge in [-0.05, 0) is 36.9 Å². The van der Waals surface area contributed by atoms with Crippen molar-refractivity contribution in [2.45, 2.75) is 45.2 Å². The van der Waals surface area contributed by atoms with E-state index in [1.165, 1.54) is 36.0 Å². The first-order valence-corrected chi connectivity index (χ1v) is 7.66. The van der Waals surface area contributed by atoms with Gasteiger partial charge >= 0.3 is 0 Å². The van der Waals surface area contributed by atoms with Gasteiger partial charge in [-0.15, -0.1) is 0 Å². The third-order valence-electron chi connectivity index (χ3n) is 4.17. The predicted molar refractivity (Wildman–Crippen MR) is 81.7 cm³/mol. The van der Waals surface area contributed by atoms with Crippen LogP contribution in [0.3, 0.4) is 0 Å². The van der Waals surface area contributed by atoms with Crippen LogP contribution < -0.4 is 5.32 Å². The third-order valence-corrected chi connectivity index (χ3v) is 4.17. The fourth-order valence-electron chi connectivity index (χ4n) is 3.14. The zero-order valence-electron chi connectivity index (χ0n) is 12.2. The molecule has 1 N–H and O–H groups in total. The highest BCUT2D eigenvalue weighted by molar-refractivity contribution is 5.32. The Kier molecular flexibility index (Phi) is 4.16. The molecule has 0 spiro atoms. The highest BCUT2D eigenvalue weighted by Gasteiger charge is 2.20. The molecular formula is C17H23N3. The van der Waals surface area contributed by atoms with Gasteiger partial charge in [0.2, 0.25) is 0 Å². The molecule has 2 aromatic rings. The summed E-state index contributed by atoms with van der Waals surface area (Å²) in [5.74, 6) is 0.617. The first kappa shape index (κ1) is 13.4. The van der Waals surface area contributed by atoms with Gasteiger partial charge in [0.05, 0.1) is 6.20 Å². The average molecular weight is 269 g/mol.